The van der Waals surface area contributed by atoms with E-state index in [1.807, 2.05) is 37.3 Å². The SMILES string of the molecule is COc1ccc(OCCOc2ccc(C)nc2CO)cc1. The molecule has 0 amide bonds. The Balaban J connectivity index is 1.81. The van der Waals surface area contributed by atoms with Gasteiger partial charge in [0.25, 0.3) is 0 Å². The Morgan fingerprint density at radius 1 is 0.952 bits per heavy atom. The molecule has 1 aromatic heterocycles. The van der Waals surface area contributed by atoms with Crippen molar-refractivity contribution in [2.75, 3.05) is 20.3 Å². The minimum absolute atomic E-state index is 0.143. The summed E-state index contributed by atoms with van der Waals surface area (Å²) < 4.78 is 16.2. The van der Waals surface area contributed by atoms with Gasteiger partial charge in [-0.25, -0.2) is 0 Å². The predicted molar refractivity (Wildman–Crippen MR) is 78.9 cm³/mol. The van der Waals surface area contributed by atoms with Crippen LogP contribution in [-0.4, -0.2) is 30.4 Å². The van der Waals surface area contributed by atoms with E-state index < -0.39 is 0 Å². The van der Waals surface area contributed by atoms with Crippen molar-refractivity contribution in [2.45, 2.75) is 13.5 Å². The maximum Gasteiger partial charge on any atom is 0.143 e. The Labute approximate surface area is 124 Å². The first kappa shape index (κ1) is 15.1. The van der Waals surface area contributed by atoms with E-state index in [9.17, 15) is 5.11 Å². The normalized spacial score (nSPS) is 10.2. The van der Waals surface area contributed by atoms with Gasteiger partial charge in [-0.1, -0.05) is 0 Å². The van der Waals surface area contributed by atoms with Crippen LogP contribution in [0.3, 0.4) is 0 Å². The van der Waals surface area contributed by atoms with Gasteiger partial charge in [-0.2, -0.15) is 0 Å². The van der Waals surface area contributed by atoms with Gasteiger partial charge in [0, 0.05) is 5.69 Å². The van der Waals surface area contributed by atoms with Crippen LogP contribution in [0.5, 0.6) is 17.2 Å². The lowest BCUT2D eigenvalue weighted by molar-refractivity contribution is 0.208. The molecule has 0 spiro atoms. The van der Waals surface area contributed by atoms with E-state index in [1.165, 1.54) is 0 Å². The van der Waals surface area contributed by atoms with Gasteiger partial charge >= 0.3 is 0 Å². The Morgan fingerprint density at radius 3 is 2.29 bits per heavy atom. The van der Waals surface area contributed by atoms with Gasteiger partial charge in [0.1, 0.15) is 36.2 Å². The lowest BCUT2D eigenvalue weighted by Gasteiger charge is -2.11. The fraction of sp³-hybridized carbons (Fsp3) is 0.312. The number of aryl methyl sites for hydroxylation is 1. The van der Waals surface area contributed by atoms with Gasteiger partial charge in [-0.05, 0) is 43.3 Å². The standard InChI is InChI=1S/C16H19NO4/c1-12-3-8-16(15(11-18)17-12)21-10-9-20-14-6-4-13(19-2)5-7-14/h3-8,18H,9-11H2,1-2H3. The number of methoxy groups -OCH3 is 1. The summed E-state index contributed by atoms with van der Waals surface area (Å²) in [5.74, 6) is 2.13. The minimum atomic E-state index is -0.143. The van der Waals surface area contributed by atoms with Crippen LogP contribution in [0.2, 0.25) is 0 Å². The second-order valence-electron chi connectivity index (χ2n) is 4.43. The zero-order valence-corrected chi connectivity index (χ0v) is 12.2. The highest BCUT2D eigenvalue weighted by Crippen LogP contribution is 2.18. The molecule has 0 atom stereocenters. The van der Waals surface area contributed by atoms with E-state index in [0.29, 0.717) is 24.7 Å². The Bertz CT molecular complexity index is 569. The molecule has 0 aliphatic heterocycles. The molecule has 0 fully saturated rings. The van der Waals surface area contributed by atoms with Crippen molar-refractivity contribution >= 4 is 0 Å². The topological polar surface area (TPSA) is 60.8 Å². The molecule has 2 aromatic rings. The van der Waals surface area contributed by atoms with E-state index in [0.717, 1.165) is 17.2 Å². The van der Waals surface area contributed by atoms with Crippen LogP contribution >= 0.6 is 0 Å². The van der Waals surface area contributed by atoms with Crippen molar-refractivity contribution in [3.05, 3.63) is 47.8 Å². The van der Waals surface area contributed by atoms with E-state index >= 15 is 0 Å². The Kier molecular flexibility index (Phi) is 5.40. The molecule has 0 unspecified atom stereocenters. The zero-order valence-electron chi connectivity index (χ0n) is 12.2. The van der Waals surface area contributed by atoms with Crippen LogP contribution in [0.25, 0.3) is 0 Å². The van der Waals surface area contributed by atoms with Gasteiger partial charge in [0.05, 0.1) is 13.7 Å². The van der Waals surface area contributed by atoms with E-state index in [-0.39, 0.29) is 6.61 Å². The van der Waals surface area contributed by atoms with E-state index in [4.69, 9.17) is 14.2 Å². The van der Waals surface area contributed by atoms with Crippen molar-refractivity contribution in [1.29, 1.82) is 0 Å². The third-order valence-corrected chi connectivity index (χ3v) is 2.89. The molecule has 0 radical (unpaired) electrons. The summed E-state index contributed by atoms with van der Waals surface area (Å²) in [7, 11) is 1.62. The third kappa shape index (κ3) is 4.36. The van der Waals surface area contributed by atoms with Crippen LogP contribution in [0.4, 0.5) is 0 Å². The number of nitrogens with zero attached hydrogens (tertiary/aromatic N) is 1. The number of hydrogen-bond acceptors (Lipinski definition) is 5. The second-order valence-corrected chi connectivity index (χ2v) is 4.43. The van der Waals surface area contributed by atoms with Crippen molar-refractivity contribution in [1.82, 2.24) is 4.98 Å². The first-order valence-electron chi connectivity index (χ1n) is 6.70. The van der Waals surface area contributed by atoms with Gasteiger partial charge in [0.15, 0.2) is 0 Å². The molecule has 5 heteroatoms. The molecular formula is C16H19NO4. The van der Waals surface area contributed by atoms with E-state index in [1.54, 1.807) is 13.2 Å². The molecule has 0 bridgehead atoms. The molecule has 1 heterocycles. The van der Waals surface area contributed by atoms with Crippen molar-refractivity contribution in [3.8, 4) is 17.2 Å². The molecule has 0 saturated carbocycles. The molecule has 0 saturated heterocycles. The highest BCUT2D eigenvalue weighted by atomic mass is 16.5. The first-order chi connectivity index (χ1) is 10.2. The van der Waals surface area contributed by atoms with Gasteiger partial charge < -0.3 is 19.3 Å². The fourth-order valence-electron chi connectivity index (χ4n) is 1.83. The van der Waals surface area contributed by atoms with Crippen molar-refractivity contribution < 1.29 is 19.3 Å². The highest BCUT2D eigenvalue weighted by Gasteiger charge is 2.04. The summed E-state index contributed by atoms with van der Waals surface area (Å²) in [6.45, 7) is 2.51. The lowest BCUT2D eigenvalue weighted by Crippen LogP contribution is -2.10. The molecule has 5 nitrogen and oxygen atoms in total. The van der Waals surface area contributed by atoms with Crippen LogP contribution in [-0.2, 0) is 6.61 Å². The summed E-state index contributed by atoms with van der Waals surface area (Å²) in [5, 5.41) is 9.24. The largest absolute Gasteiger partial charge is 0.497 e. The average molecular weight is 289 g/mol. The quantitative estimate of drug-likeness (QED) is 0.793. The summed E-state index contributed by atoms with van der Waals surface area (Å²) >= 11 is 0. The summed E-state index contributed by atoms with van der Waals surface area (Å²) in [6.07, 6.45) is 0. The number of benzene rings is 1. The Morgan fingerprint density at radius 2 is 1.62 bits per heavy atom. The fourth-order valence-corrected chi connectivity index (χ4v) is 1.83. The first-order valence-corrected chi connectivity index (χ1v) is 6.70. The van der Waals surface area contributed by atoms with Crippen LogP contribution in [0, 0.1) is 6.92 Å². The van der Waals surface area contributed by atoms with Gasteiger partial charge in [-0.15, -0.1) is 0 Å². The number of aromatic nitrogens is 1. The van der Waals surface area contributed by atoms with Crippen LogP contribution in [0.15, 0.2) is 36.4 Å². The lowest BCUT2D eigenvalue weighted by atomic mass is 10.3. The van der Waals surface area contributed by atoms with Gasteiger partial charge in [-0.3, -0.25) is 4.98 Å². The summed E-state index contributed by atoms with van der Waals surface area (Å²) in [5.41, 5.74) is 1.39. The maximum atomic E-state index is 9.24. The summed E-state index contributed by atoms with van der Waals surface area (Å²) in [6, 6.07) is 11.0. The van der Waals surface area contributed by atoms with Gasteiger partial charge in [0.2, 0.25) is 0 Å². The highest BCUT2D eigenvalue weighted by molar-refractivity contribution is 5.31. The number of pyridine rings is 1. The Hall–Kier alpha value is -2.27. The number of ether oxygens (including phenoxy) is 3. The second kappa shape index (κ2) is 7.50. The molecule has 2 rings (SSSR count). The number of rotatable bonds is 7. The van der Waals surface area contributed by atoms with Crippen LogP contribution < -0.4 is 14.2 Å². The van der Waals surface area contributed by atoms with Crippen LogP contribution in [0.1, 0.15) is 11.4 Å². The molecule has 21 heavy (non-hydrogen) atoms. The monoisotopic (exact) mass is 289 g/mol. The molecule has 1 aromatic carbocycles. The third-order valence-electron chi connectivity index (χ3n) is 2.89. The van der Waals surface area contributed by atoms with Crippen molar-refractivity contribution in [3.63, 3.8) is 0 Å². The molecule has 0 aliphatic rings. The predicted octanol–water partition coefficient (Wildman–Crippen LogP) is 2.35. The summed E-state index contributed by atoms with van der Waals surface area (Å²) in [4.78, 5) is 4.22. The number of hydrogen-bond donors (Lipinski definition) is 1. The van der Waals surface area contributed by atoms with E-state index in [2.05, 4.69) is 4.98 Å². The number of aliphatic hydroxyl groups is 1. The molecule has 112 valence electrons. The molecular weight excluding hydrogens is 270 g/mol. The molecule has 0 aliphatic carbocycles. The molecule has 1 N–H and O–H groups in total. The minimum Gasteiger partial charge on any atom is -0.497 e. The zero-order chi connectivity index (χ0) is 15.1. The maximum absolute atomic E-state index is 9.24. The smallest absolute Gasteiger partial charge is 0.143 e. The average Bonchev–Trinajstić information content (AvgIpc) is 2.53. The number of aliphatic hydroxyl groups excluding tert-OH is 1. The van der Waals surface area contributed by atoms with Crippen molar-refractivity contribution in [2.24, 2.45) is 0 Å².